The van der Waals surface area contributed by atoms with E-state index in [-0.39, 0.29) is 5.56 Å². The molecule has 2 aromatic carbocycles. The molecule has 0 heterocycles. The second-order valence-electron chi connectivity index (χ2n) is 5.18. The molecule has 140 valence electrons. The molecule has 6 nitrogen and oxygen atoms in total. The molecule has 0 saturated carbocycles. The van der Waals surface area contributed by atoms with E-state index in [1.54, 1.807) is 26.4 Å². The van der Waals surface area contributed by atoms with E-state index < -0.39 is 27.2 Å². The van der Waals surface area contributed by atoms with Crippen LogP contribution < -0.4 is 30.7 Å². The SMILES string of the molecule is COCCOc1ccc([I+]c2ccc(OCCOC)cc2C(=O)O)cc1. The van der Waals surface area contributed by atoms with E-state index in [0.717, 1.165) is 12.9 Å². The van der Waals surface area contributed by atoms with Crippen LogP contribution >= 0.6 is 0 Å². The summed E-state index contributed by atoms with van der Waals surface area (Å²) in [6.45, 7) is 1.87. The fourth-order valence-corrected chi connectivity index (χ4v) is 4.46. The van der Waals surface area contributed by atoms with Crippen LogP contribution in [0.4, 0.5) is 0 Å². The lowest BCUT2D eigenvalue weighted by Crippen LogP contribution is -3.61. The van der Waals surface area contributed by atoms with Gasteiger partial charge in [0.05, 0.1) is 13.2 Å². The molecule has 0 saturated heterocycles. The summed E-state index contributed by atoms with van der Waals surface area (Å²) in [5.74, 6) is 0.362. The van der Waals surface area contributed by atoms with Gasteiger partial charge in [0, 0.05) is 14.2 Å². The Bertz CT molecular complexity index is 702. The van der Waals surface area contributed by atoms with Crippen LogP contribution in [0, 0.1) is 7.14 Å². The summed E-state index contributed by atoms with van der Waals surface area (Å²) < 4.78 is 22.9. The van der Waals surface area contributed by atoms with Gasteiger partial charge in [-0.05, 0) is 42.5 Å². The van der Waals surface area contributed by atoms with Crippen molar-refractivity contribution in [1.29, 1.82) is 0 Å². The lowest BCUT2D eigenvalue weighted by molar-refractivity contribution is -0.597. The first-order chi connectivity index (χ1) is 12.6. The molecule has 0 spiro atoms. The van der Waals surface area contributed by atoms with Crippen LogP contribution in [0.3, 0.4) is 0 Å². The fraction of sp³-hybridized carbons (Fsp3) is 0.316. The Hall–Kier alpha value is -1.84. The molecule has 0 aliphatic rings. The molecule has 7 heteroatoms. The smallest absolute Gasteiger partial charge is 0.358 e. The van der Waals surface area contributed by atoms with Gasteiger partial charge in [-0.25, -0.2) is 4.79 Å². The van der Waals surface area contributed by atoms with Crippen LogP contribution in [-0.4, -0.2) is 51.7 Å². The van der Waals surface area contributed by atoms with E-state index in [9.17, 15) is 9.90 Å². The van der Waals surface area contributed by atoms with Gasteiger partial charge in [0.25, 0.3) is 0 Å². The number of ether oxygens (including phenoxy) is 4. The van der Waals surface area contributed by atoms with Gasteiger partial charge in [0.1, 0.15) is 30.3 Å². The molecular formula is C19H22IO6+. The summed E-state index contributed by atoms with van der Waals surface area (Å²) in [5, 5.41) is 9.51. The lowest BCUT2D eigenvalue weighted by Gasteiger charge is -2.06. The van der Waals surface area contributed by atoms with Gasteiger partial charge in [0.15, 0.2) is 3.57 Å². The third kappa shape index (κ3) is 6.47. The average molecular weight is 473 g/mol. The third-order valence-electron chi connectivity index (χ3n) is 3.31. The highest BCUT2D eigenvalue weighted by Gasteiger charge is 2.24. The molecule has 0 atom stereocenters. The van der Waals surface area contributed by atoms with Gasteiger partial charge in [-0.1, -0.05) is 0 Å². The number of carbonyl (C=O) groups is 1. The molecule has 2 rings (SSSR count). The van der Waals surface area contributed by atoms with Gasteiger partial charge in [-0.2, -0.15) is 0 Å². The summed E-state index contributed by atoms with van der Waals surface area (Å²) in [4.78, 5) is 11.6. The minimum Gasteiger partial charge on any atom is -0.491 e. The Balaban J connectivity index is 2.06. The molecule has 0 amide bonds. The predicted molar refractivity (Wildman–Crippen MR) is 92.0 cm³/mol. The van der Waals surface area contributed by atoms with Crippen LogP contribution in [0.1, 0.15) is 10.4 Å². The van der Waals surface area contributed by atoms with Gasteiger partial charge in [-0.15, -0.1) is 0 Å². The second kappa shape index (κ2) is 11.0. The number of halogens is 1. The minimum absolute atomic E-state index is 0.285. The standard InChI is InChI=1S/C19H21IO6/c1-23-9-11-25-15-5-3-14(4-6-15)20-18-8-7-16(26-12-10-24-2)13-17(18)19(21)22/h3-8,13H,9-12H2,1-2H3/p+1. The maximum atomic E-state index is 11.6. The Morgan fingerprint density at radius 3 is 2.04 bits per heavy atom. The first-order valence-corrected chi connectivity index (χ1v) is 10.2. The molecule has 0 bridgehead atoms. The quantitative estimate of drug-likeness (QED) is 0.353. The van der Waals surface area contributed by atoms with Crippen LogP contribution in [-0.2, 0) is 9.47 Å². The van der Waals surface area contributed by atoms with Crippen molar-refractivity contribution in [1.82, 2.24) is 0 Å². The Morgan fingerprint density at radius 1 is 0.885 bits per heavy atom. The van der Waals surface area contributed by atoms with Gasteiger partial charge in [0.2, 0.25) is 3.57 Å². The number of aromatic carboxylic acids is 1. The Labute approximate surface area is 163 Å². The normalized spacial score (nSPS) is 10.5. The van der Waals surface area contributed by atoms with Crippen molar-refractivity contribution in [3.63, 3.8) is 0 Å². The van der Waals surface area contributed by atoms with E-state index in [1.165, 1.54) is 0 Å². The number of hydrogen-bond acceptors (Lipinski definition) is 5. The predicted octanol–water partition coefficient (Wildman–Crippen LogP) is -0.436. The van der Waals surface area contributed by atoms with E-state index in [4.69, 9.17) is 18.9 Å². The number of methoxy groups -OCH3 is 2. The summed E-state index contributed by atoms with van der Waals surface area (Å²) in [6.07, 6.45) is 0. The molecule has 0 fully saturated rings. The number of hydrogen-bond donors (Lipinski definition) is 1. The van der Waals surface area contributed by atoms with Crippen molar-refractivity contribution in [3.05, 3.63) is 55.2 Å². The number of rotatable bonds is 11. The zero-order chi connectivity index (χ0) is 18.8. The van der Waals surface area contributed by atoms with E-state index >= 15 is 0 Å². The average Bonchev–Trinajstić information content (AvgIpc) is 2.64. The monoisotopic (exact) mass is 473 g/mol. The molecule has 26 heavy (non-hydrogen) atoms. The number of carboxylic acid groups (broad SMARTS) is 1. The van der Waals surface area contributed by atoms with E-state index in [0.29, 0.717) is 32.2 Å². The Morgan fingerprint density at radius 2 is 1.46 bits per heavy atom. The molecule has 0 unspecified atom stereocenters. The second-order valence-corrected chi connectivity index (χ2v) is 8.12. The Kier molecular flexibility index (Phi) is 8.66. The minimum atomic E-state index is -0.948. The summed E-state index contributed by atoms with van der Waals surface area (Å²) in [6, 6.07) is 13.0. The maximum Gasteiger partial charge on any atom is 0.358 e. The van der Waals surface area contributed by atoms with Crippen LogP contribution in [0.15, 0.2) is 42.5 Å². The molecule has 0 aliphatic heterocycles. The van der Waals surface area contributed by atoms with Crippen LogP contribution in [0.5, 0.6) is 11.5 Å². The summed E-state index contributed by atoms with van der Waals surface area (Å²) in [7, 11) is 3.22. The third-order valence-corrected chi connectivity index (χ3v) is 6.17. The largest absolute Gasteiger partial charge is 0.491 e. The lowest BCUT2D eigenvalue weighted by atomic mass is 10.2. The van der Waals surface area contributed by atoms with Gasteiger partial charge >= 0.3 is 27.2 Å². The molecule has 0 radical (unpaired) electrons. The molecule has 1 N–H and O–H groups in total. The van der Waals surface area contributed by atoms with E-state index in [2.05, 4.69) is 0 Å². The first kappa shape index (κ1) is 20.5. The number of carboxylic acids is 1. The first-order valence-electron chi connectivity index (χ1n) is 7.99. The summed E-state index contributed by atoms with van der Waals surface area (Å²) >= 11 is -0.627. The highest BCUT2D eigenvalue weighted by Crippen LogP contribution is 2.14. The van der Waals surface area contributed by atoms with E-state index in [1.807, 2.05) is 30.3 Å². The van der Waals surface area contributed by atoms with Crippen molar-refractivity contribution in [3.8, 4) is 11.5 Å². The van der Waals surface area contributed by atoms with Gasteiger partial charge in [-0.3, -0.25) is 0 Å². The molecule has 0 aromatic heterocycles. The van der Waals surface area contributed by atoms with Crippen molar-refractivity contribution in [2.45, 2.75) is 0 Å². The van der Waals surface area contributed by atoms with Crippen LogP contribution in [0.25, 0.3) is 0 Å². The molecule has 2 aromatic rings. The zero-order valence-electron chi connectivity index (χ0n) is 14.7. The fourth-order valence-electron chi connectivity index (χ4n) is 2.04. The number of benzene rings is 2. The molecular weight excluding hydrogens is 451 g/mol. The van der Waals surface area contributed by atoms with Crippen molar-refractivity contribution in [2.75, 3.05) is 40.6 Å². The molecule has 0 aliphatic carbocycles. The topological polar surface area (TPSA) is 74.2 Å². The highest BCUT2D eigenvalue weighted by atomic mass is 127. The van der Waals surface area contributed by atoms with Crippen molar-refractivity contribution >= 4 is 5.97 Å². The summed E-state index contributed by atoms with van der Waals surface area (Å²) in [5.41, 5.74) is 0.285. The zero-order valence-corrected chi connectivity index (χ0v) is 16.9. The van der Waals surface area contributed by atoms with Crippen molar-refractivity contribution < 1.29 is 50.1 Å². The van der Waals surface area contributed by atoms with Crippen LogP contribution in [0.2, 0.25) is 0 Å². The van der Waals surface area contributed by atoms with Gasteiger partial charge < -0.3 is 24.1 Å². The highest BCUT2D eigenvalue weighted by molar-refractivity contribution is 5.87. The van der Waals surface area contributed by atoms with Crippen molar-refractivity contribution in [2.24, 2.45) is 0 Å². The maximum absolute atomic E-state index is 11.6.